The molecule has 0 radical (unpaired) electrons. The van der Waals surface area contributed by atoms with Gasteiger partial charge in [0.25, 0.3) is 5.91 Å². The lowest BCUT2D eigenvalue weighted by Gasteiger charge is -2.10. The molecule has 0 saturated carbocycles. The van der Waals surface area contributed by atoms with Crippen LogP contribution in [0.3, 0.4) is 0 Å². The first-order valence-corrected chi connectivity index (χ1v) is 6.41. The topological polar surface area (TPSA) is 112 Å². The fourth-order valence-corrected chi connectivity index (χ4v) is 1.97. The lowest BCUT2D eigenvalue weighted by molar-refractivity contribution is 0.0941. The Kier molecular flexibility index (Phi) is 4.53. The summed E-state index contributed by atoms with van der Waals surface area (Å²) >= 11 is 0. The maximum Gasteiger partial charge on any atom is 0.353 e. The molecule has 1 aromatic rings. The van der Waals surface area contributed by atoms with E-state index in [0.717, 1.165) is 8.90 Å². The Morgan fingerprint density at radius 2 is 2.18 bits per heavy atom. The summed E-state index contributed by atoms with van der Waals surface area (Å²) in [6.07, 6.45) is 0. The predicted molar refractivity (Wildman–Crippen MR) is 64.6 cm³/mol. The third-order valence-electron chi connectivity index (χ3n) is 2.07. The number of hydrogen-bond acceptors (Lipinski definition) is 5. The molecule has 1 amide bonds. The molecule has 1 atom stereocenters. The van der Waals surface area contributed by atoms with Crippen molar-refractivity contribution in [3.05, 3.63) is 26.8 Å². The van der Waals surface area contributed by atoms with E-state index in [4.69, 9.17) is 5.73 Å². The molecule has 1 rings (SSSR count). The molecule has 9 heteroatoms. The highest BCUT2D eigenvalue weighted by Crippen LogP contribution is 2.06. The molecule has 0 bridgehead atoms. The van der Waals surface area contributed by atoms with Crippen LogP contribution in [0.1, 0.15) is 17.5 Å². The van der Waals surface area contributed by atoms with E-state index >= 15 is 0 Å². The Bertz CT molecular complexity index is 535. The Hall–Kier alpha value is -1.53. The van der Waals surface area contributed by atoms with Gasteiger partial charge in [0.15, 0.2) is 0 Å². The summed E-state index contributed by atoms with van der Waals surface area (Å²) in [6, 6.07) is 0. The van der Waals surface area contributed by atoms with Crippen molar-refractivity contribution in [3.8, 4) is 0 Å². The number of amides is 1. The predicted octanol–water partition coefficient (Wildman–Crippen LogP) is -1.86. The Balaban J connectivity index is 3.47. The monoisotopic (exact) mass is 259 g/mol. The van der Waals surface area contributed by atoms with Crippen molar-refractivity contribution in [2.75, 3.05) is 13.3 Å². The van der Waals surface area contributed by atoms with Gasteiger partial charge in [-0.3, -0.25) is 9.13 Å². The maximum absolute atomic E-state index is 11.9. The highest BCUT2D eigenvalue weighted by Gasteiger charge is 2.16. The van der Waals surface area contributed by atoms with Gasteiger partial charge in [0.05, 0.1) is 6.67 Å². The van der Waals surface area contributed by atoms with Crippen LogP contribution in [0.15, 0.2) is 9.59 Å². The van der Waals surface area contributed by atoms with Gasteiger partial charge in [0, 0.05) is 6.54 Å². The third kappa shape index (κ3) is 2.59. The molecule has 94 valence electrons. The number of aromatic nitrogens is 3. The smallest absolute Gasteiger partial charge is 0.337 e. The van der Waals surface area contributed by atoms with Gasteiger partial charge in [0.2, 0.25) is 5.82 Å². The average Bonchev–Trinajstić information content (AvgIpc) is 2.29. The normalized spacial score (nSPS) is 11.0. The Morgan fingerprint density at radius 1 is 1.53 bits per heavy atom. The molecule has 0 aliphatic rings. The fourth-order valence-electron chi connectivity index (χ4n) is 1.29. The van der Waals surface area contributed by atoms with Crippen LogP contribution in [-0.2, 0) is 6.54 Å². The summed E-state index contributed by atoms with van der Waals surface area (Å²) in [5.41, 5.74) is 3.90. The van der Waals surface area contributed by atoms with Gasteiger partial charge in [-0.05, 0) is 22.3 Å². The number of nitrogens with zero attached hydrogens (tertiary/aromatic N) is 3. The van der Waals surface area contributed by atoms with Gasteiger partial charge in [-0.2, -0.15) is 4.98 Å². The van der Waals surface area contributed by atoms with Gasteiger partial charge in [-0.1, -0.05) is 0 Å². The largest absolute Gasteiger partial charge is 0.353 e. The van der Waals surface area contributed by atoms with Crippen molar-refractivity contribution >= 4 is 14.6 Å². The van der Waals surface area contributed by atoms with Crippen molar-refractivity contribution in [1.82, 2.24) is 19.2 Å². The van der Waals surface area contributed by atoms with Crippen LogP contribution >= 0.6 is 8.73 Å². The van der Waals surface area contributed by atoms with E-state index < -0.39 is 17.3 Å². The van der Waals surface area contributed by atoms with E-state index in [-0.39, 0.29) is 27.8 Å². The lowest BCUT2D eigenvalue weighted by atomic mass is 10.5. The first-order valence-electron chi connectivity index (χ1n) is 4.96. The summed E-state index contributed by atoms with van der Waals surface area (Å²) < 4.78 is 2.13. The van der Waals surface area contributed by atoms with Crippen LogP contribution in [0, 0.1) is 0 Å². The minimum absolute atomic E-state index is 0.00100. The Labute approximate surface area is 98.7 Å². The summed E-state index contributed by atoms with van der Waals surface area (Å²) in [5, 5.41) is 2.30. The second-order valence-corrected chi connectivity index (χ2v) is 3.91. The highest BCUT2D eigenvalue weighted by atomic mass is 31.1. The quantitative estimate of drug-likeness (QED) is 0.486. The van der Waals surface area contributed by atoms with Gasteiger partial charge >= 0.3 is 11.4 Å². The number of rotatable bonds is 4. The second kappa shape index (κ2) is 5.70. The molecule has 0 aliphatic carbocycles. The average molecular weight is 259 g/mol. The molecular weight excluding hydrogens is 245 g/mol. The summed E-state index contributed by atoms with van der Waals surface area (Å²) in [7, 11) is 0.00100. The zero-order valence-corrected chi connectivity index (χ0v) is 10.6. The zero-order chi connectivity index (χ0) is 13.0. The molecule has 0 aromatic carbocycles. The van der Waals surface area contributed by atoms with Crippen molar-refractivity contribution in [3.63, 3.8) is 0 Å². The molecule has 0 saturated heterocycles. The van der Waals surface area contributed by atoms with E-state index in [1.807, 2.05) is 0 Å². The first kappa shape index (κ1) is 13.5. The van der Waals surface area contributed by atoms with Gasteiger partial charge in [-0.25, -0.2) is 14.2 Å². The highest BCUT2D eigenvalue weighted by molar-refractivity contribution is 7.35. The molecule has 8 nitrogen and oxygen atoms in total. The van der Waals surface area contributed by atoms with E-state index in [9.17, 15) is 14.4 Å². The van der Waals surface area contributed by atoms with Crippen molar-refractivity contribution in [1.29, 1.82) is 0 Å². The molecule has 0 aliphatic heterocycles. The SMILES string of the molecule is CCn1c(=O)nc(C(=O)NCN)n(PC)c1=O. The molecular formula is C8H14N5O3P. The molecule has 1 heterocycles. The van der Waals surface area contributed by atoms with E-state index in [1.54, 1.807) is 13.6 Å². The number of carbonyl (C=O) groups is 1. The van der Waals surface area contributed by atoms with Crippen LogP contribution in [0.5, 0.6) is 0 Å². The molecule has 3 N–H and O–H groups in total. The molecule has 1 unspecified atom stereocenters. The third-order valence-corrected chi connectivity index (χ3v) is 2.92. The van der Waals surface area contributed by atoms with Gasteiger partial charge in [0.1, 0.15) is 0 Å². The second-order valence-electron chi connectivity index (χ2n) is 3.01. The van der Waals surface area contributed by atoms with Crippen molar-refractivity contribution in [2.45, 2.75) is 13.5 Å². The fraction of sp³-hybridized carbons (Fsp3) is 0.500. The van der Waals surface area contributed by atoms with Crippen LogP contribution in [0.2, 0.25) is 0 Å². The van der Waals surface area contributed by atoms with Crippen LogP contribution < -0.4 is 22.4 Å². The molecule has 1 aromatic heterocycles. The lowest BCUT2D eigenvalue weighted by Crippen LogP contribution is -2.44. The van der Waals surface area contributed by atoms with Crippen LogP contribution in [0.4, 0.5) is 0 Å². The van der Waals surface area contributed by atoms with Gasteiger partial charge in [-0.15, -0.1) is 0 Å². The van der Waals surface area contributed by atoms with Crippen LogP contribution in [0.25, 0.3) is 0 Å². The summed E-state index contributed by atoms with van der Waals surface area (Å²) in [5.74, 6) is -0.824. The summed E-state index contributed by atoms with van der Waals surface area (Å²) in [4.78, 5) is 38.5. The molecule has 0 fully saturated rings. The number of hydrogen-bond donors (Lipinski definition) is 2. The first-order chi connectivity index (χ1) is 8.06. The number of nitrogens with one attached hydrogen (secondary N) is 1. The molecule has 0 spiro atoms. The number of carbonyl (C=O) groups excluding carboxylic acids is 1. The maximum atomic E-state index is 11.9. The van der Waals surface area contributed by atoms with Crippen molar-refractivity contribution < 1.29 is 4.79 Å². The minimum atomic E-state index is -0.728. The van der Waals surface area contributed by atoms with E-state index in [2.05, 4.69) is 10.3 Å². The molecule has 17 heavy (non-hydrogen) atoms. The Morgan fingerprint density at radius 3 is 2.65 bits per heavy atom. The van der Waals surface area contributed by atoms with E-state index in [0.29, 0.717) is 0 Å². The van der Waals surface area contributed by atoms with Gasteiger partial charge < -0.3 is 11.1 Å². The standard InChI is InChI=1S/C8H14N5O3P/c1-3-12-7(15)11-5(6(14)10-4-9)13(17-2)8(12)16/h17H,3-4,9H2,1-2H3,(H,10,14). The van der Waals surface area contributed by atoms with E-state index in [1.165, 1.54) is 0 Å². The summed E-state index contributed by atoms with van der Waals surface area (Å²) in [6.45, 7) is 3.51. The van der Waals surface area contributed by atoms with Crippen LogP contribution in [-0.4, -0.2) is 33.1 Å². The minimum Gasteiger partial charge on any atom is -0.337 e. The zero-order valence-electron chi connectivity index (χ0n) is 9.56. The van der Waals surface area contributed by atoms with Crippen molar-refractivity contribution in [2.24, 2.45) is 5.73 Å². The number of nitrogens with two attached hydrogens (primary N) is 1.